The van der Waals surface area contributed by atoms with E-state index in [4.69, 9.17) is 0 Å². The Kier molecular flexibility index (Phi) is 2.07. The fourth-order valence-electron chi connectivity index (χ4n) is 1.39. The van der Waals surface area contributed by atoms with Crippen LogP contribution in [0.1, 0.15) is 25.6 Å². The molecular weight excluding hydrogens is 178 g/mol. The quantitative estimate of drug-likeness (QED) is 0.783. The Balaban J connectivity index is 2.52. The molecule has 2 heterocycles. The molecule has 0 bridgehead atoms. The lowest BCUT2D eigenvalue weighted by Gasteiger charge is -2.08. The van der Waals surface area contributed by atoms with E-state index in [9.17, 15) is 0 Å². The summed E-state index contributed by atoms with van der Waals surface area (Å²) < 4.78 is 2.03. The van der Waals surface area contributed by atoms with Gasteiger partial charge in [0.25, 0.3) is 0 Å². The van der Waals surface area contributed by atoms with Gasteiger partial charge in [0, 0.05) is 11.7 Å². The van der Waals surface area contributed by atoms with Crippen LogP contribution in [0.25, 0.3) is 11.4 Å². The SMILES string of the molecule is Cc1[nH]ncc1-c1nncn1C(C)C. The number of nitrogens with one attached hydrogen (secondary N) is 1. The first-order valence-corrected chi connectivity index (χ1v) is 4.60. The third kappa shape index (κ3) is 1.30. The minimum absolute atomic E-state index is 0.356. The van der Waals surface area contributed by atoms with Gasteiger partial charge in [-0.15, -0.1) is 10.2 Å². The van der Waals surface area contributed by atoms with Gasteiger partial charge in [-0.2, -0.15) is 5.10 Å². The summed E-state index contributed by atoms with van der Waals surface area (Å²) in [6, 6.07) is 0.356. The number of hydrogen-bond donors (Lipinski definition) is 1. The van der Waals surface area contributed by atoms with Crippen molar-refractivity contribution in [1.82, 2.24) is 25.0 Å². The number of hydrogen-bond acceptors (Lipinski definition) is 3. The van der Waals surface area contributed by atoms with Gasteiger partial charge in [0.05, 0.1) is 11.8 Å². The number of H-pyrrole nitrogens is 1. The van der Waals surface area contributed by atoms with Gasteiger partial charge in [-0.1, -0.05) is 0 Å². The van der Waals surface area contributed by atoms with Crippen LogP contribution in [-0.2, 0) is 0 Å². The maximum Gasteiger partial charge on any atom is 0.167 e. The number of rotatable bonds is 2. The molecule has 0 fully saturated rings. The molecule has 2 rings (SSSR count). The molecule has 0 aliphatic rings. The van der Waals surface area contributed by atoms with E-state index in [-0.39, 0.29) is 0 Å². The van der Waals surface area contributed by atoms with Crippen molar-refractivity contribution in [1.29, 1.82) is 0 Å². The van der Waals surface area contributed by atoms with Gasteiger partial charge >= 0.3 is 0 Å². The summed E-state index contributed by atoms with van der Waals surface area (Å²) in [5, 5.41) is 14.9. The number of nitrogens with zero attached hydrogens (tertiary/aromatic N) is 4. The molecule has 0 saturated carbocycles. The van der Waals surface area contributed by atoms with Gasteiger partial charge < -0.3 is 4.57 Å². The summed E-state index contributed by atoms with van der Waals surface area (Å²) in [5.41, 5.74) is 2.02. The zero-order valence-electron chi connectivity index (χ0n) is 8.52. The molecule has 74 valence electrons. The molecule has 2 aromatic rings. The topological polar surface area (TPSA) is 59.4 Å². The van der Waals surface area contributed by atoms with Crippen molar-refractivity contribution >= 4 is 0 Å². The lowest BCUT2D eigenvalue weighted by molar-refractivity contribution is 0.604. The highest BCUT2D eigenvalue weighted by molar-refractivity contribution is 5.56. The van der Waals surface area contributed by atoms with Gasteiger partial charge in [-0.3, -0.25) is 5.10 Å². The van der Waals surface area contributed by atoms with Crippen LogP contribution in [-0.4, -0.2) is 25.0 Å². The van der Waals surface area contributed by atoms with Crippen molar-refractivity contribution in [2.75, 3.05) is 0 Å². The van der Waals surface area contributed by atoms with E-state index in [1.165, 1.54) is 0 Å². The normalized spacial score (nSPS) is 11.1. The van der Waals surface area contributed by atoms with E-state index in [1.54, 1.807) is 12.5 Å². The van der Waals surface area contributed by atoms with Crippen LogP contribution in [0.3, 0.4) is 0 Å². The lowest BCUT2D eigenvalue weighted by Crippen LogP contribution is -2.01. The first-order valence-electron chi connectivity index (χ1n) is 4.60. The summed E-state index contributed by atoms with van der Waals surface area (Å²) in [6.07, 6.45) is 3.52. The van der Waals surface area contributed by atoms with Gasteiger partial charge in [0.2, 0.25) is 0 Å². The van der Waals surface area contributed by atoms with Crippen LogP contribution in [0.15, 0.2) is 12.5 Å². The van der Waals surface area contributed by atoms with Crippen LogP contribution >= 0.6 is 0 Å². The highest BCUT2D eigenvalue weighted by Crippen LogP contribution is 2.21. The van der Waals surface area contributed by atoms with Crippen molar-refractivity contribution in [2.24, 2.45) is 0 Å². The Labute approximate surface area is 82.2 Å². The van der Waals surface area contributed by atoms with E-state index >= 15 is 0 Å². The summed E-state index contributed by atoms with van der Waals surface area (Å²) in [4.78, 5) is 0. The minimum atomic E-state index is 0.356. The number of aromatic nitrogens is 5. The van der Waals surface area contributed by atoms with E-state index in [1.807, 2.05) is 11.5 Å². The second kappa shape index (κ2) is 3.25. The maximum absolute atomic E-state index is 4.09. The maximum atomic E-state index is 4.09. The summed E-state index contributed by atoms with van der Waals surface area (Å²) in [7, 11) is 0. The van der Waals surface area contributed by atoms with Crippen LogP contribution in [0.5, 0.6) is 0 Å². The van der Waals surface area contributed by atoms with E-state index in [2.05, 4.69) is 34.2 Å². The van der Waals surface area contributed by atoms with Crippen LogP contribution < -0.4 is 0 Å². The van der Waals surface area contributed by atoms with Gasteiger partial charge in [-0.25, -0.2) is 0 Å². The molecule has 14 heavy (non-hydrogen) atoms. The summed E-state index contributed by atoms with van der Waals surface area (Å²) in [6.45, 7) is 6.17. The van der Waals surface area contributed by atoms with Crippen molar-refractivity contribution in [3.8, 4) is 11.4 Å². The fraction of sp³-hybridized carbons (Fsp3) is 0.444. The third-order valence-corrected chi connectivity index (χ3v) is 2.20. The molecule has 0 amide bonds. The molecule has 0 radical (unpaired) electrons. The third-order valence-electron chi connectivity index (χ3n) is 2.20. The fourth-order valence-corrected chi connectivity index (χ4v) is 1.39. The smallest absolute Gasteiger partial charge is 0.167 e. The van der Waals surface area contributed by atoms with Crippen LogP contribution in [0, 0.1) is 6.92 Å². The molecule has 5 heteroatoms. The largest absolute Gasteiger partial charge is 0.311 e. The summed E-state index contributed by atoms with van der Waals surface area (Å²) in [5.74, 6) is 0.867. The molecule has 0 aliphatic carbocycles. The van der Waals surface area contributed by atoms with Crippen LogP contribution in [0.2, 0.25) is 0 Å². The van der Waals surface area contributed by atoms with Crippen molar-refractivity contribution in [3.63, 3.8) is 0 Å². The number of aromatic amines is 1. The average Bonchev–Trinajstić information content (AvgIpc) is 2.70. The Bertz CT molecular complexity index is 426. The number of aryl methyl sites for hydroxylation is 1. The second-order valence-corrected chi connectivity index (χ2v) is 3.56. The monoisotopic (exact) mass is 191 g/mol. The molecule has 2 aromatic heterocycles. The Morgan fingerprint density at radius 1 is 1.43 bits per heavy atom. The predicted molar refractivity (Wildman–Crippen MR) is 52.7 cm³/mol. The molecule has 0 atom stereocenters. The molecular formula is C9H13N5. The van der Waals surface area contributed by atoms with E-state index < -0.39 is 0 Å². The predicted octanol–water partition coefficient (Wildman–Crippen LogP) is 1.56. The summed E-state index contributed by atoms with van der Waals surface area (Å²) >= 11 is 0. The zero-order chi connectivity index (χ0) is 10.1. The zero-order valence-corrected chi connectivity index (χ0v) is 8.52. The molecule has 1 N–H and O–H groups in total. The van der Waals surface area contributed by atoms with Crippen molar-refractivity contribution < 1.29 is 0 Å². The van der Waals surface area contributed by atoms with Gasteiger partial charge in [-0.05, 0) is 20.8 Å². The van der Waals surface area contributed by atoms with E-state index in [0.717, 1.165) is 17.1 Å². The standard InChI is InChI=1S/C9H13N5/c1-6(2)14-5-11-13-9(14)8-4-10-12-7(8)3/h4-6H,1-3H3,(H,10,12). The molecule has 5 nitrogen and oxygen atoms in total. The van der Waals surface area contributed by atoms with Crippen molar-refractivity contribution in [3.05, 3.63) is 18.2 Å². The second-order valence-electron chi connectivity index (χ2n) is 3.56. The average molecular weight is 191 g/mol. The minimum Gasteiger partial charge on any atom is -0.311 e. The first-order chi connectivity index (χ1) is 6.70. The highest BCUT2D eigenvalue weighted by Gasteiger charge is 2.12. The Morgan fingerprint density at radius 3 is 2.79 bits per heavy atom. The Hall–Kier alpha value is -1.65. The highest BCUT2D eigenvalue weighted by atomic mass is 15.3. The lowest BCUT2D eigenvalue weighted by atomic mass is 10.2. The first kappa shape index (κ1) is 8.93. The van der Waals surface area contributed by atoms with Gasteiger partial charge in [0.15, 0.2) is 5.82 Å². The molecule has 0 spiro atoms. The molecule has 0 aromatic carbocycles. The molecule has 0 saturated heterocycles. The van der Waals surface area contributed by atoms with Crippen molar-refractivity contribution in [2.45, 2.75) is 26.8 Å². The molecule has 0 unspecified atom stereocenters. The van der Waals surface area contributed by atoms with E-state index in [0.29, 0.717) is 6.04 Å². The Morgan fingerprint density at radius 2 is 2.21 bits per heavy atom. The van der Waals surface area contributed by atoms with Crippen LogP contribution in [0.4, 0.5) is 0 Å². The van der Waals surface area contributed by atoms with Gasteiger partial charge in [0.1, 0.15) is 6.33 Å². The molecule has 0 aliphatic heterocycles.